The minimum Gasteiger partial charge on any atom is -0.481 e. The van der Waals surface area contributed by atoms with Gasteiger partial charge in [0.2, 0.25) is 0 Å². The number of carbonyl (C=O) groups excluding carboxylic acids is 2. The molecule has 2 aromatic rings. The van der Waals surface area contributed by atoms with Crippen LogP contribution in [0.4, 0.5) is 4.79 Å². The fourth-order valence-corrected chi connectivity index (χ4v) is 2.95. The third-order valence-corrected chi connectivity index (χ3v) is 5.23. The van der Waals surface area contributed by atoms with Crippen molar-refractivity contribution in [2.45, 2.75) is 45.3 Å². The van der Waals surface area contributed by atoms with Crippen LogP contribution >= 0.6 is 0 Å². The van der Waals surface area contributed by atoms with Crippen LogP contribution < -0.4 is 10.8 Å². The van der Waals surface area contributed by atoms with Gasteiger partial charge in [0.25, 0.3) is 0 Å². The molecule has 10 nitrogen and oxygen atoms in total. The maximum absolute atomic E-state index is 12.5. The number of hydrogen-bond acceptors (Lipinski definition) is 7. The smallest absolute Gasteiger partial charge is 0.408 e. The van der Waals surface area contributed by atoms with E-state index in [2.05, 4.69) is 20.7 Å². The van der Waals surface area contributed by atoms with Crippen molar-refractivity contribution in [1.29, 1.82) is 0 Å². The van der Waals surface area contributed by atoms with E-state index in [9.17, 15) is 14.4 Å². The van der Waals surface area contributed by atoms with Gasteiger partial charge < -0.3 is 15.2 Å². The van der Waals surface area contributed by atoms with Gasteiger partial charge >= 0.3 is 12.1 Å². The quantitative estimate of drug-likeness (QED) is 0.577. The number of amides is 1. The first-order valence-corrected chi connectivity index (χ1v) is 12.1. The maximum Gasteiger partial charge on any atom is 0.408 e. The van der Waals surface area contributed by atoms with Crippen molar-refractivity contribution in [3.8, 4) is 0 Å². The summed E-state index contributed by atoms with van der Waals surface area (Å²) in [6.45, 7) is 5.81. The summed E-state index contributed by atoms with van der Waals surface area (Å²) in [4.78, 5) is 36.6. The van der Waals surface area contributed by atoms with Crippen LogP contribution in [0.15, 0.2) is 30.3 Å². The average Bonchev–Trinajstić information content (AvgIpc) is 3.09. The van der Waals surface area contributed by atoms with E-state index in [0.717, 1.165) is 10.4 Å². The zero-order valence-corrected chi connectivity index (χ0v) is 17.0. The number of alkyl carbamates (subject to hydrolysis) is 1. The highest BCUT2D eigenvalue weighted by Gasteiger charge is 2.27. The second-order valence-electron chi connectivity index (χ2n) is 7.22. The van der Waals surface area contributed by atoms with Crippen LogP contribution in [0.5, 0.6) is 0 Å². The molecule has 1 amide bonds. The lowest BCUT2D eigenvalue weighted by molar-refractivity contribution is -0.139. The first kappa shape index (κ1) is 21.2. The molecule has 28 heavy (non-hydrogen) atoms. The van der Waals surface area contributed by atoms with E-state index < -0.39 is 38.4 Å². The molecule has 0 spiro atoms. The zero-order valence-electron chi connectivity index (χ0n) is 16.0. The monoisotopic (exact) mass is 405 g/mol. The second kappa shape index (κ2) is 9.22. The fraction of sp³-hybridized carbons (Fsp3) is 0.412. The van der Waals surface area contributed by atoms with Crippen molar-refractivity contribution in [1.82, 2.24) is 25.5 Å². The molecule has 0 saturated carbocycles. The summed E-state index contributed by atoms with van der Waals surface area (Å²) < 4.78 is 5.05. The topological polar surface area (TPSA) is 136 Å². The van der Waals surface area contributed by atoms with Gasteiger partial charge in [0, 0.05) is 0 Å². The minimum absolute atomic E-state index is 0.00482. The summed E-state index contributed by atoms with van der Waals surface area (Å²) in [5.41, 5.74) is 1.36. The van der Waals surface area contributed by atoms with Crippen LogP contribution in [0.2, 0.25) is 19.6 Å². The number of benzene rings is 1. The number of ether oxygens (including phenoxy) is 1. The molecule has 2 rings (SSSR count). The lowest BCUT2D eigenvalue weighted by atomic mass is 10.1. The Morgan fingerprint density at radius 3 is 2.46 bits per heavy atom. The highest BCUT2D eigenvalue weighted by atomic mass is 28.3. The van der Waals surface area contributed by atoms with Crippen LogP contribution in [-0.4, -0.2) is 57.3 Å². The number of tetrazole rings is 1. The number of carbonyl (C=O) groups is 3. The van der Waals surface area contributed by atoms with Crippen molar-refractivity contribution >= 4 is 31.4 Å². The first-order valence-electron chi connectivity index (χ1n) is 8.65. The summed E-state index contributed by atoms with van der Waals surface area (Å²) >= 11 is 0. The molecule has 2 N–H and O–H groups in total. The molecule has 0 aliphatic rings. The van der Waals surface area contributed by atoms with Gasteiger partial charge in [-0.15, -0.1) is 10.2 Å². The Morgan fingerprint density at radius 1 is 1.21 bits per heavy atom. The number of nitrogens with zero attached hydrogens (tertiary/aromatic N) is 4. The van der Waals surface area contributed by atoms with Crippen molar-refractivity contribution in [2.75, 3.05) is 0 Å². The highest BCUT2D eigenvalue weighted by molar-refractivity contribution is 6.87. The van der Waals surface area contributed by atoms with E-state index in [1.807, 2.05) is 25.7 Å². The molecule has 0 fully saturated rings. The summed E-state index contributed by atoms with van der Waals surface area (Å²) in [6.07, 6.45) is -1.45. The lowest BCUT2D eigenvalue weighted by Gasteiger charge is -2.15. The van der Waals surface area contributed by atoms with Crippen molar-refractivity contribution in [3.63, 3.8) is 0 Å². The predicted octanol–water partition coefficient (Wildman–Crippen LogP) is 0.557. The number of nitrogens with one attached hydrogen (secondary N) is 1. The van der Waals surface area contributed by atoms with Crippen molar-refractivity contribution in [2.24, 2.45) is 0 Å². The Kier molecular flexibility index (Phi) is 6.98. The van der Waals surface area contributed by atoms with E-state index in [-0.39, 0.29) is 13.2 Å². The third-order valence-electron chi connectivity index (χ3n) is 3.69. The molecule has 0 bridgehead atoms. The third kappa shape index (κ3) is 6.58. The molecule has 1 aromatic carbocycles. The number of aliphatic carboxylic acids is 1. The van der Waals surface area contributed by atoms with Crippen LogP contribution in [0, 0.1) is 0 Å². The Hall–Kier alpha value is -3.08. The Morgan fingerprint density at radius 2 is 1.89 bits per heavy atom. The number of hydrogen-bond donors (Lipinski definition) is 2. The van der Waals surface area contributed by atoms with Gasteiger partial charge in [-0.05, 0) is 10.8 Å². The lowest BCUT2D eigenvalue weighted by Crippen LogP contribution is -2.44. The number of aromatic nitrogens is 4. The predicted molar refractivity (Wildman–Crippen MR) is 102 cm³/mol. The average molecular weight is 405 g/mol. The van der Waals surface area contributed by atoms with Gasteiger partial charge in [-0.2, -0.15) is 4.80 Å². The molecule has 0 aliphatic carbocycles. The van der Waals surface area contributed by atoms with Crippen LogP contribution in [0.3, 0.4) is 0 Å². The van der Waals surface area contributed by atoms with E-state index in [1.54, 1.807) is 24.3 Å². The summed E-state index contributed by atoms with van der Waals surface area (Å²) in [6, 6.07) is 7.72. The van der Waals surface area contributed by atoms with E-state index in [4.69, 9.17) is 9.84 Å². The molecule has 1 heterocycles. The normalized spacial score (nSPS) is 12.2. The standard InChI is InChI=1S/C17H23N5O5Si/c1-28(2,3)16-19-21-22(20-16)10-14(23)13(9-15(24)25)18-17(26)27-11-12-7-5-4-6-8-12/h4-8,13H,9-11H2,1-3H3,(H,18,26)(H,24,25). The first-order chi connectivity index (χ1) is 13.1. The SMILES string of the molecule is C[Si](C)(C)c1nnn(CC(=O)C(CC(=O)O)NC(=O)OCc2ccccc2)n1. The van der Waals surface area contributed by atoms with Crippen LogP contribution in [-0.2, 0) is 27.5 Å². The Bertz CT molecular complexity index is 834. The van der Waals surface area contributed by atoms with E-state index in [0.29, 0.717) is 5.45 Å². The molecule has 1 aromatic heterocycles. The summed E-state index contributed by atoms with van der Waals surface area (Å²) in [5.74, 6) is -1.78. The molecule has 0 aliphatic heterocycles. The Balaban J connectivity index is 1.97. The highest BCUT2D eigenvalue weighted by Crippen LogP contribution is 2.03. The maximum atomic E-state index is 12.5. The molecule has 11 heteroatoms. The van der Waals surface area contributed by atoms with Crippen molar-refractivity contribution in [3.05, 3.63) is 35.9 Å². The summed E-state index contributed by atoms with van der Waals surface area (Å²) in [5, 5.41) is 23.3. The molecular formula is C17H23N5O5Si. The van der Waals surface area contributed by atoms with Crippen molar-refractivity contribution < 1.29 is 24.2 Å². The molecular weight excluding hydrogens is 382 g/mol. The zero-order chi connectivity index (χ0) is 20.7. The van der Waals surface area contributed by atoms with Gasteiger partial charge in [0.1, 0.15) is 27.3 Å². The number of Topliss-reactive ketones (excluding diaryl/α,β-unsaturated/α-hetero) is 1. The number of ketones is 1. The summed E-state index contributed by atoms with van der Waals surface area (Å²) in [7, 11) is -1.79. The number of rotatable bonds is 9. The molecule has 0 saturated heterocycles. The van der Waals surface area contributed by atoms with Gasteiger partial charge in [-0.1, -0.05) is 50.0 Å². The van der Waals surface area contributed by atoms with E-state index >= 15 is 0 Å². The van der Waals surface area contributed by atoms with Gasteiger partial charge in [-0.25, -0.2) is 4.79 Å². The van der Waals surface area contributed by atoms with Gasteiger partial charge in [0.05, 0.1) is 6.42 Å². The van der Waals surface area contributed by atoms with Gasteiger partial charge in [0.15, 0.2) is 11.2 Å². The number of carboxylic acids is 1. The second-order valence-corrected chi connectivity index (χ2v) is 12.2. The molecule has 1 unspecified atom stereocenters. The van der Waals surface area contributed by atoms with Crippen LogP contribution in [0.25, 0.3) is 0 Å². The van der Waals surface area contributed by atoms with Crippen LogP contribution in [0.1, 0.15) is 12.0 Å². The minimum atomic E-state index is -1.79. The molecule has 1 atom stereocenters. The molecule has 150 valence electrons. The van der Waals surface area contributed by atoms with E-state index in [1.165, 1.54) is 0 Å². The van der Waals surface area contributed by atoms with Gasteiger partial charge in [-0.3, -0.25) is 9.59 Å². The molecule has 0 radical (unpaired) electrons. The Labute approximate surface area is 162 Å². The largest absolute Gasteiger partial charge is 0.481 e. The fourth-order valence-electron chi connectivity index (χ4n) is 2.19. The number of carboxylic acid groups (broad SMARTS) is 1.